The van der Waals surface area contributed by atoms with E-state index in [0.717, 1.165) is 78.2 Å². The van der Waals surface area contributed by atoms with Crippen LogP contribution in [0.2, 0.25) is 0 Å². The smallest absolute Gasteiger partial charge is 0.160 e. The van der Waals surface area contributed by atoms with E-state index in [0.29, 0.717) is 12.6 Å². The first kappa shape index (κ1) is 21.4. The molecule has 0 amide bonds. The summed E-state index contributed by atoms with van der Waals surface area (Å²) in [6.45, 7) is 2.21. The number of rotatable bonds is 6. The van der Waals surface area contributed by atoms with Crippen molar-refractivity contribution in [3.8, 4) is 5.75 Å². The Morgan fingerprint density at radius 2 is 1.94 bits per heavy atom. The van der Waals surface area contributed by atoms with Gasteiger partial charge in [-0.25, -0.2) is 9.67 Å². The number of aromatic nitrogens is 3. The van der Waals surface area contributed by atoms with E-state index in [1.807, 2.05) is 29.2 Å². The molecule has 1 spiro atoms. The van der Waals surface area contributed by atoms with Gasteiger partial charge in [-0.3, -0.25) is 10.3 Å². The highest BCUT2D eigenvalue weighted by Gasteiger charge is 2.39. The summed E-state index contributed by atoms with van der Waals surface area (Å²) in [7, 11) is 1.68. The second-order valence-electron chi connectivity index (χ2n) is 9.50. The molecule has 1 aliphatic carbocycles. The number of hydroxylamine groups is 1. The van der Waals surface area contributed by atoms with E-state index < -0.39 is 0 Å². The van der Waals surface area contributed by atoms with Crippen molar-refractivity contribution in [3.05, 3.63) is 53.9 Å². The van der Waals surface area contributed by atoms with Gasteiger partial charge >= 0.3 is 0 Å². The molecule has 0 unspecified atom stereocenters. The largest absolute Gasteiger partial charge is 0.497 e. The van der Waals surface area contributed by atoms with E-state index in [9.17, 15) is 0 Å². The Morgan fingerprint density at radius 1 is 1.15 bits per heavy atom. The van der Waals surface area contributed by atoms with Crippen molar-refractivity contribution < 1.29 is 14.3 Å². The van der Waals surface area contributed by atoms with Crippen LogP contribution in [0.15, 0.2) is 42.7 Å². The zero-order chi connectivity index (χ0) is 23.0. The summed E-state index contributed by atoms with van der Waals surface area (Å²) < 4.78 is 12.8. The van der Waals surface area contributed by atoms with Gasteiger partial charge in [-0.05, 0) is 49.5 Å². The van der Waals surface area contributed by atoms with Gasteiger partial charge in [0.25, 0.3) is 0 Å². The van der Waals surface area contributed by atoms with Crippen LogP contribution in [0.5, 0.6) is 5.75 Å². The maximum atomic E-state index is 6.08. The second kappa shape index (κ2) is 8.92. The average Bonchev–Trinajstić information content (AvgIpc) is 3.62. The fourth-order valence-electron chi connectivity index (χ4n) is 5.28. The van der Waals surface area contributed by atoms with Crippen molar-refractivity contribution in [3.63, 3.8) is 0 Å². The van der Waals surface area contributed by atoms with E-state index in [2.05, 4.69) is 29.0 Å². The second-order valence-corrected chi connectivity index (χ2v) is 9.50. The van der Waals surface area contributed by atoms with Crippen LogP contribution in [0, 0.1) is 0 Å². The SMILES string of the molecule is COc1ccc(Cn2ncc3c(NC4CCOCC4)c(C4=CC5(CCCC5)ON4)cnc32)cc1. The summed E-state index contributed by atoms with van der Waals surface area (Å²) in [5.41, 5.74) is 8.15. The Labute approximate surface area is 199 Å². The minimum absolute atomic E-state index is 0.182. The number of nitrogens with one attached hydrogen (secondary N) is 2. The third-order valence-corrected chi connectivity index (χ3v) is 7.24. The Bertz CT molecular complexity index is 1190. The van der Waals surface area contributed by atoms with Gasteiger partial charge in [0.05, 0.1) is 36.6 Å². The van der Waals surface area contributed by atoms with Crippen molar-refractivity contribution in [1.82, 2.24) is 20.2 Å². The van der Waals surface area contributed by atoms with E-state index in [4.69, 9.17) is 24.4 Å². The van der Waals surface area contributed by atoms with Crippen molar-refractivity contribution >= 4 is 22.4 Å². The molecule has 1 saturated carbocycles. The Morgan fingerprint density at radius 3 is 2.71 bits per heavy atom. The molecule has 3 aliphatic rings. The van der Waals surface area contributed by atoms with Crippen LogP contribution >= 0.6 is 0 Å². The number of benzene rings is 1. The zero-order valence-electron chi connectivity index (χ0n) is 19.5. The lowest BCUT2D eigenvalue weighted by Crippen LogP contribution is -2.28. The van der Waals surface area contributed by atoms with Crippen LogP contribution in [0.1, 0.15) is 49.7 Å². The first-order valence-electron chi connectivity index (χ1n) is 12.2. The average molecular weight is 462 g/mol. The first-order chi connectivity index (χ1) is 16.7. The van der Waals surface area contributed by atoms with E-state index in [1.54, 1.807) is 7.11 Å². The van der Waals surface area contributed by atoms with Crippen LogP contribution in [-0.2, 0) is 16.1 Å². The number of hydrogen-bond donors (Lipinski definition) is 2. The predicted octanol–water partition coefficient (Wildman–Crippen LogP) is 4.27. The van der Waals surface area contributed by atoms with Crippen LogP contribution in [0.3, 0.4) is 0 Å². The molecule has 8 heteroatoms. The monoisotopic (exact) mass is 461 g/mol. The summed E-state index contributed by atoms with van der Waals surface area (Å²) in [4.78, 5) is 10.9. The first-order valence-corrected chi connectivity index (χ1v) is 12.2. The van der Waals surface area contributed by atoms with Gasteiger partial charge in [0, 0.05) is 31.0 Å². The van der Waals surface area contributed by atoms with Crippen molar-refractivity contribution in [2.75, 3.05) is 25.6 Å². The molecule has 2 aromatic heterocycles. The number of ether oxygens (including phenoxy) is 2. The summed E-state index contributed by atoms with van der Waals surface area (Å²) >= 11 is 0. The molecule has 1 saturated heterocycles. The molecule has 178 valence electrons. The number of nitrogens with zero attached hydrogens (tertiary/aromatic N) is 3. The van der Waals surface area contributed by atoms with Crippen LogP contribution in [0.25, 0.3) is 16.7 Å². The Hall–Kier alpha value is -3.10. The maximum Gasteiger partial charge on any atom is 0.160 e. The molecule has 6 rings (SSSR count). The summed E-state index contributed by atoms with van der Waals surface area (Å²) in [6, 6.07) is 8.43. The maximum absolute atomic E-state index is 6.08. The molecule has 2 aliphatic heterocycles. The molecule has 4 heterocycles. The van der Waals surface area contributed by atoms with Gasteiger partial charge < -0.3 is 14.8 Å². The molecule has 34 heavy (non-hydrogen) atoms. The third-order valence-electron chi connectivity index (χ3n) is 7.24. The molecule has 0 atom stereocenters. The lowest BCUT2D eigenvalue weighted by molar-refractivity contribution is -0.0289. The van der Waals surface area contributed by atoms with Crippen LogP contribution < -0.4 is 15.5 Å². The Kier molecular flexibility index (Phi) is 5.63. The quantitative estimate of drug-likeness (QED) is 0.567. The van der Waals surface area contributed by atoms with Gasteiger partial charge in [-0.2, -0.15) is 5.10 Å². The van der Waals surface area contributed by atoms with Gasteiger partial charge in [0.15, 0.2) is 5.65 Å². The minimum atomic E-state index is -0.182. The van der Waals surface area contributed by atoms with Gasteiger partial charge in [0.1, 0.15) is 11.4 Å². The third kappa shape index (κ3) is 4.01. The fourth-order valence-corrected chi connectivity index (χ4v) is 5.28. The standard InChI is InChI=1S/C26H31N5O3/c1-32-20-6-4-18(5-7-20)17-31-25-22(16-28-31)24(29-19-8-12-33-13-9-19)21(15-27-25)23-14-26(34-30-23)10-2-3-11-26/h4-7,14-16,19,30H,2-3,8-13,17H2,1H3,(H,27,29). The highest BCUT2D eigenvalue weighted by atomic mass is 16.7. The molecule has 2 fully saturated rings. The summed E-state index contributed by atoms with van der Waals surface area (Å²) in [6.07, 6.45) is 12.6. The molecule has 1 aromatic carbocycles. The van der Waals surface area contributed by atoms with E-state index >= 15 is 0 Å². The van der Waals surface area contributed by atoms with Gasteiger partial charge in [-0.15, -0.1) is 0 Å². The molecular weight excluding hydrogens is 430 g/mol. The minimum Gasteiger partial charge on any atom is -0.497 e. The summed E-state index contributed by atoms with van der Waals surface area (Å²) in [5.74, 6) is 0.847. The molecule has 0 bridgehead atoms. The van der Waals surface area contributed by atoms with Crippen LogP contribution in [0.4, 0.5) is 5.69 Å². The van der Waals surface area contributed by atoms with Crippen molar-refractivity contribution in [2.24, 2.45) is 0 Å². The number of hydrogen-bond acceptors (Lipinski definition) is 7. The highest BCUT2D eigenvalue weighted by Crippen LogP contribution is 2.41. The molecule has 2 N–H and O–H groups in total. The molecule has 8 nitrogen and oxygen atoms in total. The predicted molar refractivity (Wildman–Crippen MR) is 130 cm³/mol. The number of fused-ring (bicyclic) bond motifs is 1. The molecule has 0 radical (unpaired) electrons. The summed E-state index contributed by atoms with van der Waals surface area (Å²) in [5, 5.41) is 9.55. The van der Waals surface area contributed by atoms with Crippen LogP contribution in [-0.4, -0.2) is 46.7 Å². The number of anilines is 1. The van der Waals surface area contributed by atoms with Gasteiger partial charge in [0.2, 0.25) is 0 Å². The fraction of sp³-hybridized carbons (Fsp3) is 0.462. The highest BCUT2D eigenvalue weighted by molar-refractivity contribution is 5.96. The number of methoxy groups -OCH3 is 1. The van der Waals surface area contributed by atoms with E-state index in [-0.39, 0.29) is 5.60 Å². The molecule has 3 aromatic rings. The number of pyridine rings is 1. The van der Waals surface area contributed by atoms with Gasteiger partial charge in [-0.1, -0.05) is 25.0 Å². The lowest BCUT2D eigenvalue weighted by Gasteiger charge is -2.26. The van der Waals surface area contributed by atoms with Crippen molar-refractivity contribution in [1.29, 1.82) is 0 Å². The topological polar surface area (TPSA) is 82.5 Å². The zero-order valence-corrected chi connectivity index (χ0v) is 19.5. The van der Waals surface area contributed by atoms with Crippen molar-refractivity contribution in [2.45, 2.75) is 56.7 Å². The normalized spacial score (nSPS) is 20.0. The lowest BCUT2D eigenvalue weighted by atomic mass is 9.99. The van der Waals surface area contributed by atoms with E-state index in [1.165, 1.54) is 12.8 Å². The Balaban J connectivity index is 1.37. The molecular formula is C26H31N5O3.